The number of ether oxygens (including phenoxy) is 1. The van der Waals surface area contributed by atoms with Crippen LogP contribution in [0.4, 0.5) is 5.69 Å². The third-order valence-electron chi connectivity index (χ3n) is 2.83. The Labute approximate surface area is 133 Å². The van der Waals surface area contributed by atoms with Gasteiger partial charge in [0.2, 0.25) is 0 Å². The Morgan fingerprint density at radius 2 is 1.83 bits per heavy atom. The fraction of sp³-hybridized carbons (Fsp3) is 0.0667. The third-order valence-corrected chi connectivity index (χ3v) is 4.16. The van der Waals surface area contributed by atoms with Crippen LogP contribution in [-0.4, -0.2) is 27.1 Å². The minimum Gasteiger partial charge on any atom is -0.425 e. The number of rotatable bonds is 6. The van der Waals surface area contributed by atoms with E-state index < -0.39 is 27.4 Å². The number of nitrogens with zero attached hydrogens (tertiary/aromatic N) is 1. The maximum atomic E-state index is 12.2. The molecule has 0 heterocycles. The summed E-state index contributed by atoms with van der Waals surface area (Å²) in [5.74, 6) is -1.36. The van der Waals surface area contributed by atoms with Crippen molar-refractivity contribution < 1.29 is 23.5 Å². The SMILES string of the molecule is O=Cc1ccccc1OC(=O)C[S@](=O)c1ccccc1[N+](=O)[O-]. The van der Waals surface area contributed by atoms with E-state index in [1.807, 2.05) is 0 Å². The van der Waals surface area contributed by atoms with Gasteiger partial charge in [-0.25, -0.2) is 0 Å². The van der Waals surface area contributed by atoms with Crippen molar-refractivity contribution in [2.75, 3.05) is 5.75 Å². The molecule has 8 heteroatoms. The zero-order valence-electron chi connectivity index (χ0n) is 11.7. The first kappa shape index (κ1) is 16.5. The number of para-hydroxylation sites is 2. The molecule has 2 aromatic carbocycles. The van der Waals surface area contributed by atoms with E-state index >= 15 is 0 Å². The van der Waals surface area contributed by atoms with Crippen LogP contribution < -0.4 is 4.74 Å². The molecule has 0 radical (unpaired) electrons. The summed E-state index contributed by atoms with van der Waals surface area (Å²) >= 11 is 0. The molecule has 0 aliphatic rings. The second-order valence-corrected chi connectivity index (χ2v) is 5.76. The van der Waals surface area contributed by atoms with Crippen molar-refractivity contribution in [1.82, 2.24) is 0 Å². The molecule has 0 spiro atoms. The average Bonchev–Trinajstić information content (AvgIpc) is 2.55. The first-order chi connectivity index (χ1) is 11.0. The van der Waals surface area contributed by atoms with Crippen LogP contribution in [0.1, 0.15) is 10.4 Å². The smallest absolute Gasteiger partial charge is 0.324 e. The average molecular weight is 333 g/mol. The van der Waals surface area contributed by atoms with Gasteiger partial charge < -0.3 is 4.74 Å². The van der Waals surface area contributed by atoms with Crippen molar-refractivity contribution in [1.29, 1.82) is 0 Å². The first-order valence-electron chi connectivity index (χ1n) is 6.39. The molecule has 0 N–H and O–H groups in total. The molecule has 7 nitrogen and oxygen atoms in total. The standard InChI is InChI=1S/C15H11NO6S/c17-9-11-5-1-3-7-13(11)22-15(18)10-23(21)14-8-4-2-6-12(14)16(19)20/h1-9H,10H2/t23-/m0/s1. The van der Waals surface area contributed by atoms with Crippen LogP contribution in [0.3, 0.4) is 0 Å². The molecule has 2 aromatic rings. The molecule has 0 aliphatic heterocycles. The van der Waals surface area contributed by atoms with Crippen LogP contribution in [0.2, 0.25) is 0 Å². The molecule has 0 bridgehead atoms. The monoisotopic (exact) mass is 333 g/mol. The minimum atomic E-state index is -1.93. The van der Waals surface area contributed by atoms with E-state index in [-0.39, 0.29) is 21.9 Å². The number of hydrogen-bond donors (Lipinski definition) is 0. The largest absolute Gasteiger partial charge is 0.425 e. The highest BCUT2D eigenvalue weighted by Crippen LogP contribution is 2.22. The van der Waals surface area contributed by atoms with Crippen LogP contribution in [0.25, 0.3) is 0 Å². The number of benzene rings is 2. The molecule has 0 unspecified atom stereocenters. The molecule has 0 fully saturated rings. The number of nitro groups is 1. The van der Waals surface area contributed by atoms with Crippen molar-refractivity contribution in [3.05, 3.63) is 64.2 Å². The van der Waals surface area contributed by atoms with Crippen molar-refractivity contribution >= 4 is 28.7 Å². The Bertz CT molecular complexity index is 789. The zero-order chi connectivity index (χ0) is 16.8. The van der Waals surface area contributed by atoms with E-state index in [0.29, 0.717) is 6.29 Å². The van der Waals surface area contributed by atoms with E-state index in [9.17, 15) is 23.9 Å². The summed E-state index contributed by atoms with van der Waals surface area (Å²) in [5, 5.41) is 10.9. The molecule has 0 amide bonds. The lowest BCUT2D eigenvalue weighted by Gasteiger charge is -2.06. The predicted molar refractivity (Wildman–Crippen MR) is 81.8 cm³/mol. The molecule has 1 atom stereocenters. The number of aldehydes is 1. The van der Waals surface area contributed by atoms with Crippen LogP contribution >= 0.6 is 0 Å². The number of hydrogen-bond acceptors (Lipinski definition) is 6. The summed E-state index contributed by atoms with van der Waals surface area (Å²) in [4.78, 5) is 32.9. The van der Waals surface area contributed by atoms with E-state index in [1.54, 1.807) is 12.1 Å². The summed E-state index contributed by atoms with van der Waals surface area (Å²) < 4.78 is 17.2. The topological polar surface area (TPSA) is 104 Å². The fourth-order valence-electron chi connectivity index (χ4n) is 1.81. The molecular formula is C15H11NO6S. The van der Waals surface area contributed by atoms with Gasteiger partial charge in [0, 0.05) is 6.07 Å². The van der Waals surface area contributed by atoms with Gasteiger partial charge in [-0.2, -0.15) is 0 Å². The second kappa shape index (κ2) is 7.41. The molecule has 23 heavy (non-hydrogen) atoms. The van der Waals surface area contributed by atoms with Crippen molar-refractivity contribution in [3.8, 4) is 5.75 Å². The van der Waals surface area contributed by atoms with Gasteiger partial charge >= 0.3 is 5.97 Å². The van der Waals surface area contributed by atoms with Gasteiger partial charge in [-0.15, -0.1) is 0 Å². The quantitative estimate of drug-likeness (QED) is 0.264. The number of carbonyl (C=O) groups is 2. The van der Waals surface area contributed by atoms with Gasteiger partial charge in [0.05, 0.1) is 21.3 Å². The maximum Gasteiger partial charge on any atom is 0.324 e. The van der Waals surface area contributed by atoms with Gasteiger partial charge in [0.25, 0.3) is 5.69 Å². The lowest BCUT2D eigenvalue weighted by molar-refractivity contribution is -0.387. The zero-order valence-corrected chi connectivity index (χ0v) is 12.5. The third kappa shape index (κ3) is 4.07. The van der Waals surface area contributed by atoms with Crippen LogP contribution in [-0.2, 0) is 15.6 Å². The molecule has 118 valence electrons. The van der Waals surface area contributed by atoms with Crippen molar-refractivity contribution in [2.24, 2.45) is 0 Å². The Balaban J connectivity index is 2.13. The summed E-state index contributed by atoms with van der Waals surface area (Å²) in [6.07, 6.45) is 0.529. The molecule has 0 saturated carbocycles. The van der Waals surface area contributed by atoms with E-state index in [4.69, 9.17) is 4.74 Å². The Morgan fingerprint density at radius 1 is 1.17 bits per heavy atom. The predicted octanol–water partition coefficient (Wildman–Crippen LogP) is 2.12. The molecule has 0 saturated heterocycles. The lowest BCUT2D eigenvalue weighted by Crippen LogP contribution is -2.18. The van der Waals surface area contributed by atoms with Gasteiger partial charge in [-0.05, 0) is 18.2 Å². The van der Waals surface area contributed by atoms with Crippen LogP contribution in [0.5, 0.6) is 5.75 Å². The minimum absolute atomic E-state index is 0.0482. The van der Waals surface area contributed by atoms with E-state index in [2.05, 4.69) is 0 Å². The summed E-state index contributed by atoms with van der Waals surface area (Å²) in [7, 11) is -1.93. The Hall–Kier alpha value is -2.87. The van der Waals surface area contributed by atoms with Gasteiger partial charge in [0.1, 0.15) is 16.4 Å². The first-order valence-corrected chi connectivity index (χ1v) is 7.71. The number of carbonyl (C=O) groups excluding carboxylic acids is 2. The Morgan fingerprint density at radius 3 is 2.52 bits per heavy atom. The fourth-order valence-corrected chi connectivity index (χ4v) is 2.84. The molecule has 2 rings (SSSR count). The van der Waals surface area contributed by atoms with Gasteiger partial charge in [-0.1, -0.05) is 24.3 Å². The van der Waals surface area contributed by atoms with Crippen LogP contribution in [0.15, 0.2) is 53.4 Å². The van der Waals surface area contributed by atoms with Crippen LogP contribution in [0, 0.1) is 10.1 Å². The van der Waals surface area contributed by atoms with Crippen molar-refractivity contribution in [3.63, 3.8) is 0 Å². The highest BCUT2D eigenvalue weighted by atomic mass is 32.2. The van der Waals surface area contributed by atoms with Gasteiger partial charge in [-0.3, -0.25) is 23.9 Å². The van der Waals surface area contributed by atoms with E-state index in [1.165, 1.54) is 36.4 Å². The highest BCUT2D eigenvalue weighted by Gasteiger charge is 2.21. The lowest BCUT2D eigenvalue weighted by atomic mass is 10.2. The summed E-state index contributed by atoms with van der Waals surface area (Å²) in [6.45, 7) is 0. The summed E-state index contributed by atoms with van der Waals surface area (Å²) in [6, 6.07) is 11.5. The number of nitro benzene ring substituents is 1. The maximum absolute atomic E-state index is 12.2. The molecule has 0 aromatic heterocycles. The second-order valence-electron chi connectivity index (χ2n) is 4.34. The number of esters is 1. The molecular weight excluding hydrogens is 322 g/mol. The molecule has 0 aliphatic carbocycles. The normalized spacial score (nSPS) is 11.5. The van der Waals surface area contributed by atoms with Gasteiger partial charge in [0.15, 0.2) is 6.29 Å². The van der Waals surface area contributed by atoms with Crippen molar-refractivity contribution in [2.45, 2.75) is 4.90 Å². The highest BCUT2D eigenvalue weighted by molar-refractivity contribution is 7.85. The summed E-state index contributed by atoms with van der Waals surface area (Å²) in [5.41, 5.74) is -0.149. The Kier molecular flexibility index (Phi) is 5.32. The van der Waals surface area contributed by atoms with E-state index in [0.717, 1.165) is 0 Å².